The molecule has 0 N–H and O–H groups in total. The Hall–Kier alpha value is -0.855. The maximum absolute atomic E-state index is 13.0. The van der Waals surface area contributed by atoms with E-state index >= 15 is 0 Å². The van der Waals surface area contributed by atoms with Crippen LogP contribution in [0.1, 0.15) is 25.5 Å². The highest BCUT2D eigenvalue weighted by Gasteiger charge is 2.06. The van der Waals surface area contributed by atoms with E-state index in [0.29, 0.717) is 11.2 Å². The topological polar surface area (TPSA) is 12.9 Å². The molecule has 0 aromatic carbocycles. The molecule has 0 fully saturated rings. The van der Waals surface area contributed by atoms with Gasteiger partial charge in [0.15, 0.2) is 0 Å². The molecule has 1 aromatic rings. The molecule has 0 amide bonds. The molecule has 1 aromatic heterocycles. The molecule has 0 atom stereocenters. The van der Waals surface area contributed by atoms with Gasteiger partial charge in [0.1, 0.15) is 13.7 Å². The van der Waals surface area contributed by atoms with E-state index in [1.807, 2.05) is 13.8 Å². The van der Waals surface area contributed by atoms with Gasteiger partial charge >= 0.3 is 0 Å². The number of halogens is 1. The maximum atomic E-state index is 13.0. The second-order valence-electron chi connectivity index (χ2n) is 2.79. The molecule has 0 bridgehead atoms. The Morgan fingerprint density at radius 2 is 2.18 bits per heavy atom. The Labute approximate surface area is 67.1 Å². The van der Waals surface area contributed by atoms with Crippen LogP contribution in [0.3, 0.4) is 0 Å². The first-order valence-corrected chi connectivity index (χ1v) is 3.52. The lowest BCUT2D eigenvalue weighted by Crippen LogP contribution is -2.08. The Bertz CT molecular complexity index is 260. The SMILES string of the molecule is [B]c1cnc(C(C)C)c(F)c1. The van der Waals surface area contributed by atoms with Gasteiger partial charge in [-0.2, -0.15) is 0 Å². The van der Waals surface area contributed by atoms with Crippen LogP contribution in [0.15, 0.2) is 12.3 Å². The largest absolute Gasteiger partial charge is 0.259 e. The van der Waals surface area contributed by atoms with Crippen LogP contribution in [-0.2, 0) is 0 Å². The average Bonchev–Trinajstić information content (AvgIpc) is 1.85. The molecule has 2 radical (unpaired) electrons. The van der Waals surface area contributed by atoms with E-state index < -0.39 is 0 Å². The lowest BCUT2D eigenvalue weighted by molar-refractivity contribution is 0.586. The molecule has 0 aliphatic heterocycles. The van der Waals surface area contributed by atoms with Crippen molar-refractivity contribution >= 4 is 13.3 Å². The minimum atomic E-state index is -0.319. The lowest BCUT2D eigenvalue weighted by atomic mass is 9.97. The van der Waals surface area contributed by atoms with Gasteiger partial charge in [-0.3, -0.25) is 4.98 Å². The van der Waals surface area contributed by atoms with Gasteiger partial charge in [0, 0.05) is 6.20 Å². The monoisotopic (exact) mass is 149 g/mol. The van der Waals surface area contributed by atoms with Crippen LogP contribution < -0.4 is 5.46 Å². The van der Waals surface area contributed by atoms with Crippen molar-refractivity contribution in [2.75, 3.05) is 0 Å². The predicted molar refractivity (Wildman–Crippen MR) is 43.7 cm³/mol. The van der Waals surface area contributed by atoms with Crippen LogP contribution in [0.25, 0.3) is 0 Å². The quantitative estimate of drug-likeness (QED) is 0.545. The van der Waals surface area contributed by atoms with Gasteiger partial charge in [0.05, 0.1) is 5.69 Å². The fourth-order valence-corrected chi connectivity index (χ4v) is 0.888. The summed E-state index contributed by atoms with van der Waals surface area (Å²) >= 11 is 0. The molecule has 0 spiro atoms. The van der Waals surface area contributed by atoms with Crippen molar-refractivity contribution in [2.24, 2.45) is 0 Å². The highest BCUT2D eigenvalue weighted by Crippen LogP contribution is 2.12. The van der Waals surface area contributed by atoms with E-state index in [4.69, 9.17) is 7.85 Å². The van der Waals surface area contributed by atoms with Gasteiger partial charge in [0.2, 0.25) is 0 Å². The number of pyridine rings is 1. The maximum Gasteiger partial charge on any atom is 0.144 e. The first-order chi connectivity index (χ1) is 5.11. The van der Waals surface area contributed by atoms with Gasteiger partial charge < -0.3 is 0 Å². The van der Waals surface area contributed by atoms with Crippen LogP contribution in [0, 0.1) is 5.82 Å². The summed E-state index contributed by atoms with van der Waals surface area (Å²) in [4.78, 5) is 3.88. The van der Waals surface area contributed by atoms with Crippen molar-refractivity contribution in [3.8, 4) is 0 Å². The van der Waals surface area contributed by atoms with Crippen molar-refractivity contribution in [1.82, 2.24) is 4.98 Å². The summed E-state index contributed by atoms with van der Waals surface area (Å²) in [6, 6.07) is 1.29. The third-order valence-electron chi connectivity index (χ3n) is 1.44. The molecule has 1 rings (SSSR count). The summed E-state index contributed by atoms with van der Waals surface area (Å²) in [5.41, 5.74) is 0.839. The van der Waals surface area contributed by atoms with Gasteiger partial charge in [-0.05, 0) is 12.0 Å². The molecule has 11 heavy (non-hydrogen) atoms. The Morgan fingerprint density at radius 1 is 1.55 bits per heavy atom. The van der Waals surface area contributed by atoms with Crippen LogP contribution in [0.5, 0.6) is 0 Å². The van der Waals surface area contributed by atoms with E-state index in [0.717, 1.165) is 0 Å². The third kappa shape index (κ3) is 1.79. The number of rotatable bonds is 1. The summed E-state index contributed by atoms with van der Waals surface area (Å²) < 4.78 is 13.0. The van der Waals surface area contributed by atoms with Gasteiger partial charge in [-0.15, -0.1) is 0 Å². The lowest BCUT2D eigenvalue weighted by Gasteiger charge is -2.05. The molecule has 1 nitrogen and oxygen atoms in total. The van der Waals surface area contributed by atoms with Crippen LogP contribution in [0.4, 0.5) is 4.39 Å². The summed E-state index contributed by atoms with van der Waals surface area (Å²) in [7, 11) is 5.33. The van der Waals surface area contributed by atoms with Crippen LogP contribution in [-0.4, -0.2) is 12.8 Å². The Balaban J connectivity index is 3.09. The zero-order valence-corrected chi connectivity index (χ0v) is 6.63. The van der Waals surface area contributed by atoms with E-state index in [9.17, 15) is 4.39 Å². The standard InChI is InChI=1S/C8H9BFN/c1-5(2)8-7(10)3-6(9)4-11-8/h3-5H,1-2H3. The van der Waals surface area contributed by atoms with Gasteiger partial charge in [-0.25, -0.2) is 4.39 Å². The van der Waals surface area contributed by atoms with Crippen molar-refractivity contribution in [3.63, 3.8) is 0 Å². The predicted octanol–water partition coefficient (Wildman–Crippen LogP) is 1.14. The van der Waals surface area contributed by atoms with E-state index in [1.165, 1.54) is 12.3 Å². The van der Waals surface area contributed by atoms with Crippen molar-refractivity contribution in [1.29, 1.82) is 0 Å². The minimum absolute atomic E-state index is 0.107. The number of nitrogens with zero attached hydrogens (tertiary/aromatic N) is 1. The highest BCUT2D eigenvalue weighted by atomic mass is 19.1. The molecule has 1 heterocycles. The zero-order chi connectivity index (χ0) is 8.43. The molecule has 56 valence electrons. The summed E-state index contributed by atoms with van der Waals surface area (Å²) in [6.45, 7) is 3.78. The molecule has 0 aliphatic rings. The molecule has 3 heteroatoms. The van der Waals surface area contributed by atoms with Crippen LogP contribution in [0.2, 0.25) is 0 Å². The summed E-state index contributed by atoms with van der Waals surface area (Å²) in [6.07, 6.45) is 1.47. The van der Waals surface area contributed by atoms with Crippen molar-refractivity contribution in [3.05, 3.63) is 23.8 Å². The minimum Gasteiger partial charge on any atom is -0.259 e. The number of hydrogen-bond donors (Lipinski definition) is 0. The van der Waals surface area contributed by atoms with Gasteiger partial charge in [0.25, 0.3) is 0 Å². The highest BCUT2D eigenvalue weighted by molar-refractivity contribution is 6.32. The fraction of sp³-hybridized carbons (Fsp3) is 0.375. The molecule has 0 saturated heterocycles. The average molecular weight is 149 g/mol. The molecular weight excluding hydrogens is 140 g/mol. The Morgan fingerprint density at radius 3 is 2.64 bits per heavy atom. The van der Waals surface area contributed by atoms with Gasteiger partial charge in [-0.1, -0.05) is 19.3 Å². The normalized spacial score (nSPS) is 10.5. The molecule has 0 saturated carbocycles. The second kappa shape index (κ2) is 3.03. The molecule has 0 unspecified atom stereocenters. The molecular formula is C8H9BFN. The van der Waals surface area contributed by atoms with Crippen LogP contribution >= 0.6 is 0 Å². The fourth-order valence-electron chi connectivity index (χ4n) is 0.888. The second-order valence-corrected chi connectivity index (χ2v) is 2.79. The van der Waals surface area contributed by atoms with Crippen molar-refractivity contribution in [2.45, 2.75) is 19.8 Å². The first kappa shape index (κ1) is 8.24. The third-order valence-corrected chi connectivity index (χ3v) is 1.44. The van der Waals surface area contributed by atoms with E-state index in [2.05, 4.69) is 4.98 Å². The summed E-state index contributed by atoms with van der Waals surface area (Å²) in [5.74, 6) is -0.212. The summed E-state index contributed by atoms with van der Waals surface area (Å²) in [5, 5.41) is 0. The zero-order valence-electron chi connectivity index (χ0n) is 6.63. The van der Waals surface area contributed by atoms with E-state index in [-0.39, 0.29) is 11.7 Å². The molecule has 0 aliphatic carbocycles. The number of aromatic nitrogens is 1. The van der Waals surface area contributed by atoms with E-state index in [1.54, 1.807) is 0 Å². The van der Waals surface area contributed by atoms with Crippen molar-refractivity contribution < 1.29 is 4.39 Å². The number of hydrogen-bond acceptors (Lipinski definition) is 1. The first-order valence-electron chi connectivity index (χ1n) is 3.52. The smallest absolute Gasteiger partial charge is 0.144 e. The Kier molecular flexibility index (Phi) is 2.27.